The molecule has 0 aliphatic heterocycles. The Labute approximate surface area is 155 Å². The van der Waals surface area contributed by atoms with Gasteiger partial charge in [0.05, 0.1) is 0 Å². The van der Waals surface area contributed by atoms with Crippen molar-refractivity contribution in [2.75, 3.05) is 6.61 Å². The highest BCUT2D eigenvalue weighted by Gasteiger charge is 2.54. The summed E-state index contributed by atoms with van der Waals surface area (Å²) in [6.45, 7) is 8.11. The molecule has 0 spiro atoms. The predicted octanol–water partition coefficient (Wildman–Crippen LogP) is 6.51. The molecule has 0 saturated heterocycles. The summed E-state index contributed by atoms with van der Waals surface area (Å²) in [4.78, 5) is 0. The van der Waals surface area contributed by atoms with Gasteiger partial charge < -0.3 is 5.11 Å². The fourth-order valence-electron chi connectivity index (χ4n) is 8.09. The zero-order valence-electron chi connectivity index (χ0n) is 16.9. The molecule has 4 aliphatic rings. The zero-order chi connectivity index (χ0) is 17.7. The number of fused-ring (bicyclic) bond motifs is 4. The molecule has 6 atom stereocenters. The maximum atomic E-state index is 9.24. The highest BCUT2D eigenvalue weighted by atomic mass is 16.2. The summed E-state index contributed by atoms with van der Waals surface area (Å²) >= 11 is 0. The lowest BCUT2D eigenvalue weighted by atomic mass is 9.49. The van der Waals surface area contributed by atoms with E-state index in [0.717, 1.165) is 30.1 Å². The van der Waals surface area contributed by atoms with Crippen LogP contribution in [0.25, 0.3) is 0 Å². The Morgan fingerprint density at radius 2 is 1.88 bits per heavy atom. The molecule has 0 aromatic carbocycles. The molecule has 0 amide bonds. The largest absolute Gasteiger partial charge is 0.396 e. The van der Waals surface area contributed by atoms with E-state index in [1.165, 1.54) is 70.6 Å². The van der Waals surface area contributed by atoms with Crippen LogP contribution in [0.3, 0.4) is 0 Å². The third-order valence-electron chi connectivity index (χ3n) is 9.49. The highest BCUT2D eigenvalue weighted by Crippen LogP contribution is 2.65. The molecule has 0 radical (unpaired) electrons. The van der Waals surface area contributed by atoms with Crippen LogP contribution in [0.1, 0.15) is 97.8 Å². The van der Waals surface area contributed by atoms with Crippen LogP contribution < -0.4 is 0 Å². The maximum absolute atomic E-state index is 9.24. The van der Waals surface area contributed by atoms with Crippen molar-refractivity contribution in [3.05, 3.63) is 11.1 Å². The molecule has 1 unspecified atom stereocenters. The van der Waals surface area contributed by atoms with Crippen molar-refractivity contribution in [3.8, 4) is 0 Å². The Balaban J connectivity index is 1.62. The van der Waals surface area contributed by atoms with Gasteiger partial charge in [0.1, 0.15) is 0 Å². The van der Waals surface area contributed by atoms with Gasteiger partial charge >= 0.3 is 0 Å². The summed E-state index contributed by atoms with van der Waals surface area (Å²) < 4.78 is 0. The van der Waals surface area contributed by atoms with Crippen LogP contribution in [0.15, 0.2) is 11.1 Å². The van der Waals surface area contributed by atoms with Crippen LogP contribution in [0, 0.1) is 34.5 Å². The van der Waals surface area contributed by atoms with Gasteiger partial charge in [0.2, 0.25) is 0 Å². The first-order valence-corrected chi connectivity index (χ1v) is 11.3. The van der Waals surface area contributed by atoms with E-state index in [1.54, 1.807) is 0 Å². The van der Waals surface area contributed by atoms with Crippen LogP contribution in [0.4, 0.5) is 0 Å². The van der Waals surface area contributed by atoms with Crippen molar-refractivity contribution in [2.24, 2.45) is 34.5 Å². The van der Waals surface area contributed by atoms with E-state index in [2.05, 4.69) is 20.8 Å². The lowest BCUT2D eigenvalue weighted by Crippen LogP contribution is -2.46. The molecule has 0 aromatic heterocycles. The Morgan fingerprint density at radius 3 is 2.68 bits per heavy atom. The summed E-state index contributed by atoms with van der Waals surface area (Å²) in [5, 5.41) is 9.24. The summed E-state index contributed by atoms with van der Waals surface area (Å²) in [6, 6.07) is 0. The number of hydrogen-bond acceptors (Lipinski definition) is 1. The van der Waals surface area contributed by atoms with Crippen molar-refractivity contribution in [2.45, 2.75) is 97.8 Å². The van der Waals surface area contributed by atoms with Crippen LogP contribution >= 0.6 is 0 Å². The molecule has 4 rings (SSSR count). The summed E-state index contributed by atoms with van der Waals surface area (Å²) in [5.74, 6) is 3.56. The standard InChI is InChI=1S/C24H40O/c1-17(7-6-16-25)20-11-12-21-19-10-9-18-8-4-5-14-23(18,2)22(19)13-15-24(20,21)3/h17-18,20,22,25H,4-16H2,1-3H3/t17-,18?,20-,22+,23+,24-/m1/s1. The number of hydrogen-bond donors (Lipinski definition) is 1. The molecule has 1 nitrogen and oxygen atoms in total. The van der Waals surface area contributed by atoms with Gasteiger partial charge in [-0.25, -0.2) is 0 Å². The minimum absolute atomic E-state index is 0.365. The fraction of sp³-hybridized carbons (Fsp3) is 0.917. The lowest BCUT2D eigenvalue weighted by molar-refractivity contribution is 0.00924. The zero-order valence-corrected chi connectivity index (χ0v) is 16.9. The van der Waals surface area contributed by atoms with Crippen LogP contribution in [0.5, 0.6) is 0 Å². The normalized spacial score (nSPS) is 44.9. The second-order valence-corrected chi connectivity index (χ2v) is 10.5. The topological polar surface area (TPSA) is 20.2 Å². The van der Waals surface area contributed by atoms with Gasteiger partial charge in [-0.05, 0) is 98.7 Å². The molecule has 0 bridgehead atoms. The minimum Gasteiger partial charge on any atom is -0.396 e. The van der Waals surface area contributed by atoms with Crippen molar-refractivity contribution in [1.82, 2.24) is 0 Å². The van der Waals surface area contributed by atoms with Crippen LogP contribution in [-0.2, 0) is 0 Å². The number of rotatable bonds is 4. The quantitative estimate of drug-likeness (QED) is 0.576. The highest BCUT2D eigenvalue weighted by molar-refractivity contribution is 5.34. The maximum Gasteiger partial charge on any atom is 0.0431 e. The number of aliphatic hydroxyl groups is 1. The average Bonchev–Trinajstić information content (AvgIpc) is 2.96. The molecular formula is C24H40O. The molecule has 4 aliphatic carbocycles. The van der Waals surface area contributed by atoms with Crippen LogP contribution in [0.2, 0.25) is 0 Å². The fourth-order valence-corrected chi connectivity index (χ4v) is 8.09. The molecule has 0 heterocycles. The van der Waals surface area contributed by atoms with E-state index in [9.17, 15) is 5.11 Å². The summed E-state index contributed by atoms with van der Waals surface area (Å²) in [6.07, 6.45) is 16.8. The number of aliphatic hydroxyl groups excluding tert-OH is 1. The van der Waals surface area contributed by atoms with Crippen LogP contribution in [-0.4, -0.2) is 11.7 Å². The van der Waals surface area contributed by atoms with E-state index < -0.39 is 0 Å². The Bertz CT molecular complexity index is 534. The molecule has 0 aromatic rings. The second kappa shape index (κ2) is 6.70. The van der Waals surface area contributed by atoms with Gasteiger partial charge in [0.25, 0.3) is 0 Å². The lowest BCUT2D eigenvalue weighted by Gasteiger charge is -2.56. The first-order valence-electron chi connectivity index (χ1n) is 11.3. The predicted molar refractivity (Wildman–Crippen MR) is 105 cm³/mol. The van der Waals surface area contributed by atoms with Gasteiger partial charge in [-0.2, -0.15) is 0 Å². The monoisotopic (exact) mass is 344 g/mol. The molecule has 1 N–H and O–H groups in total. The molecular weight excluding hydrogens is 304 g/mol. The SMILES string of the molecule is C[C@H](CCCO)[C@H]1CCC2=C3CCC4CCCC[C@]4(C)[C@H]3CC[C@@]21C. The Kier molecular flexibility index (Phi) is 4.84. The van der Waals surface area contributed by atoms with Gasteiger partial charge in [-0.15, -0.1) is 0 Å². The van der Waals surface area contributed by atoms with Gasteiger partial charge in [0.15, 0.2) is 0 Å². The van der Waals surface area contributed by atoms with E-state index in [0.29, 0.717) is 17.4 Å². The number of allylic oxidation sites excluding steroid dienone is 2. The molecule has 25 heavy (non-hydrogen) atoms. The van der Waals surface area contributed by atoms with Crippen molar-refractivity contribution < 1.29 is 5.11 Å². The van der Waals surface area contributed by atoms with Crippen molar-refractivity contribution >= 4 is 0 Å². The third-order valence-corrected chi connectivity index (χ3v) is 9.49. The Hall–Kier alpha value is -0.300. The first kappa shape index (κ1) is 18.1. The van der Waals surface area contributed by atoms with E-state index in [-0.39, 0.29) is 0 Å². The minimum atomic E-state index is 0.365. The Morgan fingerprint density at radius 1 is 1.04 bits per heavy atom. The third kappa shape index (κ3) is 2.75. The molecule has 142 valence electrons. The second-order valence-electron chi connectivity index (χ2n) is 10.5. The average molecular weight is 345 g/mol. The van der Waals surface area contributed by atoms with Gasteiger partial charge in [0, 0.05) is 6.61 Å². The summed E-state index contributed by atoms with van der Waals surface area (Å²) in [5.41, 5.74) is 4.99. The summed E-state index contributed by atoms with van der Waals surface area (Å²) in [7, 11) is 0. The first-order chi connectivity index (χ1) is 12.0. The molecule has 3 fully saturated rings. The van der Waals surface area contributed by atoms with E-state index >= 15 is 0 Å². The van der Waals surface area contributed by atoms with Gasteiger partial charge in [-0.3, -0.25) is 0 Å². The van der Waals surface area contributed by atoms with Crippen molar-refractivity contribution in [3.63, 3.8) is 0 Å². The molecule has 1 heteroatoms. The smallest absolute Gasteiger partial charge is 0.0431 e. The van der Waals surface area contributed by atoms with E-state index in [1.807, 2.05) is 11.1 Å². The molecule has 3 saturated carbocycles. The van der Waals surface area contributed by atoms with Gasteiger partial charge in [-0.1, -0.05) is 44.8 Å². The van der Waals surface area contributed by atoms with E-state index in [4.69, 9.17) is 0 Å². The van der Waals surface area contributed by atoms with Crippen molar-refractivity contribution in [1.29, 1.82) is 0 Å².